The second kappa shape index (κ2) is 8.98. The van der Waals surface area contributed by atoms with Crippen LogP contribution in [0, 0.1) is 0 Å². The molecular formula is C20H23NO. The molecule has 0 saturated carbocycles. The van der Waals surface area contributed by atoms with Crippen molar-refractivity contribution in [2.24, 2.45) is 0 Å². The van der Waals surface area contributed by atoms with Gasteiger partial charge in [-0.05, 0) is 17.5 Å². The average molecular weight is 293 g/mol. The van der Waals surface area contributed by atoms with Crippen molar-refractivity contribution in [2.75, 3.05) is 6.61 Å². The molecule has 2 nitrogen and oxygen atoms in total. The quantitative estimate of drug-likeness (QED) is 0.722. The van der Waals surface area contributed by atoms with Gasteiger partial charge in [-0.3, -0.25) is 0 Å². The normalized spacial score (nSPS) is 13.9. The van der Waals surface area contributed by atoms with E-state index in [0.717, 1.165) is 12.0 Å². The highest BCUT2D eigenvalue weighted by molar-refractivity contribution is 5.49. The van der Waals surface area contributed by atoms with Crippen molar-refractivity contribution in [2.45, 2.75) is 18.5 Å². The summed E-state index contributed by atoms with van der Waals surface area (Å²) < 4.78 is 0. The van der Waals surface area contributed by atoms with Crippen molar-refractivity contribution in [3.8, 4) is 0 Å². The lowest BCUT2D eigenvalue weighted by molar-refractivity contribution is 0.254. The Kier molecular flexibility index (Phi) is 6.62. The van der Waals surface area contributed by atoms with Crippen LogP contribution in [0.4, 0.5) is 0 Å². The molecule has 2 atom stereocenters. The Labute approximate surface area is 132 Å². The van der Waals surface area contributed by atoms with Crippen LogP contribution in [0.25, 0.3) is 6.08 Å². The van der Waals surface area contributed by atoms with E-state index in [1.807, 2.05) is 66.8 Å². The highest BCUT2D eigenvalue weighted by Gasteiger charge is 2.13. The smallest absolute Gasteiger partial charge is 0.0620 e. The van der Waals surface area contributed by atoms with Gasteiger partial charge in [0.05, 0.1) is 6.61 Å². The van der Waals surface area contributed by atoms with Crippen molar-refractivity contribution in [1.29, 1.82) is 0 Å². The summed E-state index contributed by atoms with van der Waals surface area (Å²) in [5.74, 6) is 0. The Bertz CT molecular complexity index is 577. The van der Waals surface area contributed by atoms with Gasteiger partial charge >= 0.3 is 0 Å². The first-order chi connectivity index (χ1) is 10.8. The molecule has 2 aromatic carbocycles. The van der Waals surface area contributed by atoms with E-state index < -0.39 is 0 Å². The molecule has 0 heterocycles. The van der Waals surface area contributed by atoms with Crippen LogP contribution in [0.5, 0.6) is 0 Å². The molecular weight excluding hydrogens is 270 g/mol. The van der Waals surface area contributed by atoms with E-state index in [1.54, 1.807) is 0 Å². The molecule has 2 heteroatoms. The highest BCUT2D eigenvalue weighted by Crippen LogP contribution is 2.18. The molecule has 0 radical (unpaired) electrons. The van der Waals surface area contributed by atoms with E-state index in [4.69, 9.17) is 0 Å². The first-order valence-electron chi connectivity index (χ1n) is 7.59. The summed E-state index contributed by atoms with van der Waals surface area (Å²) in [4.78, 5) is 0. The molecule has 2 rings (SSSR count). The van der Waals surface area contributed by atoms with Gasteiger partial charge in [-0.2, -0.15) is 0 Å². The first kappa shape index (κ1) is 16.2. The molecule has 0 saturated heterocycles. The van der Waals surface area contributed by atoms with Gasteiger partial charge in [-0.15, -0.1) is 6.58 Å². The number of rotatable bonds is 8. The predicted octanol–water partition coefficient (Wildman–Crippen LogP) is 3.97. The van der Waals surface area contributed by atoms with E-state index in [-0.39, 0.29) is 18.7 Å². The lowest BCUT2D eigenvalue weighted by atomic mass is 10.0. The molecule has 2 N–H and O–H groups in total. The molecule has 0 aliphatic rings. The van der Waals surface area contributed by atoms with Crippen molar-refractivity contribution < 1.29 is 5.11 Å². The Balaban J connectivity index is 2.06. The third-order valence-electron chi connectivity index (χ3n) is 3.54. The lowest BCUT2D eigenvalue weighted by Gasteiger charge is -2.22. The third kappa shape index (κ3) is 4.99. The third-order valence-corrected chi connectivity index (χ3v) is 3.54. The van der Waals surface area contributed by atoms with Crippen LogP contribution in [0.1, 0.15) is 23.6 Å². The number of hydrogen-bond donors (Lipinski definition) is 2. The number of aliphatic hydroxyl groups excluding tert-OH is 1. The molecule has 0 aliphatic heterocycles. The van der Waals surface area contributed by atoms with Crippen LogP contribution >= 0.6 is 0 Å². The summed E-state index contributed by atoms with van der Waals surface area (Å²) in [6.45, 7) is 3.89. The van der Waals surface area contributed by atoms with E-state index in [9.17, 15) is 5.11 Å². The van der Waals surface area contributed by atoms with Gasteiger partial charge in [0.25, 0.3) is 0 Å². The molecule has 0 aromatic heterocycles. The average Bonchev–Trinajstić information content (AvgIpc) is 2.59. The minimum atomic E-state index is -0.0923. The maximum atomic E-state index is 9.63. The van der Waals surface area contributed by atoms with Crippen LogP contribution < -0.4 is 5.32 Å². The fourth-order valence-corrected chi connectivity index (χ4v) is 2.37. The van der Waals surface area contributed by atoms with Crippen LogP contribution in [-0.2, 0) is 0 Å². The van der Waals surface area contributed by atoms with Gasteiger partial charge in [0.2, 0.25) is 0 Å². The molecule has 0 aliphatic carbocycles. The van der Waals surface area contributed by atoms with Crippen LogP contribution in [0.3, 0.4) is 0 Å². The molecule has 0 spiro atoms. The Morgan fingerprint density at radius 3 is 2.23 bits per heavy atom. The van der Waals surface area contributed by atoms with Gasteiger partial charge in [0.1, 0.15) is 0 Å². The second-order valence-electron chi connectivity index (χ2n) is 5.21. The molecule has 22 heavy (non-hydrogen) atoms. The van der Waals surface area contributed by atoms with Gasteiger partial charge in [-0.1, -0.05) is 78.9 Å². The first-order valence-corrected chi connectivity index (χ1v) is 7.59. The molecule has 0 bridgehead atoms. The largest absolute Gasteiger partial charge is 0.394 e. The zero-order chi connectivity index (χ0) is 15.6. The maximum absolute atomic E-state index is 9.63. The standard InChI is InChI=1S/C20H23NO/c1-2-9-20(18-12-7-4-8-13-18)21-19(16-22)15-14-17-10-5-3-6-11-17/h2-8,10-15,19-22H,1,9,16H2/b15-14+/t19-,20+/m1/s1. The van der Waals surface area contributed by atoms with Crippen LogP contribution in [0.15, 0.2) is 79.4 Å². The fraction of sp³-hybridized carbons (Fsp3) is 0.200. The number of benzene rings is 2. The highest BCUT2D eigenvalue weighted by atomic mass is 16.3. The summed E-state index contributed by atoms with van der Waals surface area (Å²) in [5.41, 5.74) is 2.33. The summed E-state index contributed by atoms with van der Waals surface area (Å²) in [5, 5.41) is 13.1. The van der Waals surface area contributed by atoms with Crippen molar-refractivity contribution in [3.63, 3.8) is 0 Å². The van der Waals surface area contributed by atoms with Gasteiger partial charge in [0.15, 0.2) is 0 Å². The molecule has 0 unspecified atom stereocenters. The lowest BCUT2D eigenvalue weighted by Crippen LogP contribution is -2.34. The van der Waals surface area contributed by atoms with Gasteiger partial charge < -0.3 is 10.4 Å². The summed E-state index contributed by atoms with van der Waals surface area (Å²) in [6.07, 6.45) is 6.76. The fourth-order valence-electron chi connectivity index (χ4n) is 2.37. The van der Waals surface area contributed by atoms with Gasteiger partial charge in [0, 0.05) is 12.1 Å². The number of nitrogens with one attached hydrogen (secondary N) is 1. The maximum Gasteiger partial charge on any atom is 0.0620 e. The molecule has 2 aromatic rings. The van der Waals surface area contributed by atoms with E-state index >= 15 is 0 Å². The monoisotopic (exact) mass is 293 g/mol. The SMILES string of the molecule is C=CC[C@H](N[C@H](/C=C/c1ccccc1)CO)c1ccccc1. The second-order valence-corrected chi connectivity index (χ2v) is 5.21. The topological polar surface area (TPSA) is 32.3 Å². The van der Waals surface area contributed by atoms with E-state index in [0.29, 0.717) is 0 Å². The van der Waals surface area contributed by atoms with Crippen molar-refractivity contribution >= 4 is 6.08 Å². The minimum Gasteiger partial charge on any atom is -0.394 e. The Hall–Kier alpha value is -2.16. The summed E-state index contributed by atoms with van der Waals surface area (Å²) in [7, 11) is 0. The van der Waals surface area contributed by atoms with Crippen molar-refractivity contribution in [3.05, 3.63) is 90.5 Å². The predicted molar refractivity (Wildman–Crippen MR) is 93.5 cm³/mol. The number of hydrogen-bond acceptors (Lipinski definition) is 2. The van der Waals surface area contributed by atoms with E-state index in [2.05, 4.69) is 24.0 Å². The van der Waals surface area contributed by atoms with Crippen LogP contribution in [0.2, 0.25) is 0 Å². The molecule has 0 amide bonds. The summed E-state index contributed by atoms with van der Waals surface area (Å²) >= 11 is 0. The molecule has 0 fully saturated rings. The van der Waals surface area contributed by atoms with Gasteiger partial charge in [-0.25, -0.2) is 0 Å². The Morgan fingerprint density at radius 2 is 1.64 bits per heavy atom. The minimum absolute atomic E-state index is 0.0593. The Morgan fingerprint density at radius 1 is 1.00 bits per heavy atom. The molecule has 114 valence electrons. The van der Waals surface area contributed by atoms with E-state index in [1.165, 1.54) is 5.56 Å². The van der Waals surface area contributed by atoms with Crippen molar-refractivity contribution in [1.82, 2.24) is 5.32 Å². The summed E-state index contributed by atoms with van der Waals surface area (Å²) in [6, 6.07) is 20.4. The zero-order valence-corrected chi connectivity index (χ0v) is 12.7. The zero-order valence-electron chi connectivity index (χ0n) is 12.7. The number of aliphatic hydroxyl groups is 1. The van der Waals surface area contributed by atoms with Crippen LogP contribution in [-0.4, -0.2) is 17.8 Å².